The first-order valence-electron chi connectivity index (χ1n) is 15.4. The second kappa shape index (κ2) is 12.4. The van der Waals surface area contributed by atoms with E-state index in [2.05, 4.69) is 53.2 Å². The largest absolute Gasteiger partial charge is 0.497 e. The Morgan fingerprint density at radius 2 is 1.64 bits per heavy atom. The zero-order valence-corrected chi connectivity index (χ0v) is 26.1. The van der Waals surface area contributed by atoms with E-state index < -0.39 is 6.04 Å². The van der Waals surface area contributed by atoms with Gasteiger partial charge in [-0.25, -0.2) is 0 Å². The summed E-state index contributed by atoms with van der Waals surface area (Å²) >= 11 is 0. The second-order valence-electron chi connectivity index (χ2n) is 12.8. The van der Waals surface area contributed by atoms with Crippen LogP contribution >= 0.6 is 0 Å². The molecule has 0 spiro atoms. The number of nitrogens with zero attached hydrogens (tertiary/aromatic N) is 3. The highest BCUT2D eigenvalue weighted by atomic mass is 16.5. The van der Waals surface area contributed by atoms with Crippen LogP contribution in [0.5, 0.6) is 11.5 Å². The van der Waals surface area contributed by atoms with E-state index in [9.17, 15) is 9.59 Å². The van der Waals surface area contributed by atoms with Gasteiger partial charge in [-0.3, -0.25) is 14.5 Å². The third kappa shape index (κ3) is 6.04. The summed E-state index contributed by atoms with van der Waals surface area (Å²) in [5.74, 6) is 1.43. The van der Waals surface area contributed by atoms with Crippen LogP contribution in [0.3, 0.4) is 0 Å². The summed E-state index contributed by atoms with van der Waals surface area (Å²) in [7, 11) is 3.27. The Kier molecular flexibility index (Phi) is 8.36. The van der Waals surface area contributed by atoms with Gasteiger partial charge in [0.05, 0.1) is 38.2 Å². The zero-order chi connectivity index (χ0) is 30.8. The first kappa shape index (κ1) is 29.8. The zero-order valence-electron chi connectivity index (χ0n) is 26.1. The van der Waals surface area contributed by atoms with E-state index in [0.29, 0.717) is 36.6 Å². The summed E-state index contributed by atoms with van der Waals surface area (Å²) in [5.41, 5.74) is 5.23. The fourth-order valence-electron chi connectivity index (χ4n) is 6.85. The highest BCUT2D eigenvalue weighted by Gasteiger charge is 2.43. The first-order chi connectivity index (χ1) is 21.3. The number of piperazine rings is 1. The van der Waals surface area contributed by atoms with Crippen molar-refractivity contribution < 1.29 is 19.1 Å². The number of para-hydroxylation sites is 2. The number of ether oxygens (including phenoxy) is 2. The molecule has 1 N–H and O–H groups in total. The molecule has 1 fully saturated rings. The molecular weight excluding hydrogens is 552 g/mol. The maximum absolute atomic E-state index is 14.1. The second-order valence-corrected chi connectivity index (χ2v) is 12.8. The molecule has 1 unspecified atom stereocenters. The van der Waals surface area contributed by atoms with Crippen LogP contribution in [0.2, 0.25) is 0 Å². The molecule has 0 bridgehead atoms. The fraction of sp³-hybridized carbons (Fsp3) is 0.389. The quantitative estimate of drug-likeness (QED) is 0.378. The van der Waals surface area contributed by atoms with E-state index in [0.717, 1.165) is 48.7 Å². The van der Waals surface area contributed by atoms with Crippen LogP contribution in [0, 0.1) is 5.41 Å². The van der Waals surface area contributed by atoms with E-state index >= 15 is 0 Å². The third-order valence-corrected chi connectivity index (χ3v) is 9.02. The molecule has 8 nitrogen and oxygen atoms in total. The van der Waals surface area contributed by atoms with Gasteiger partial charge in [0.15, 0.2) is 5.78 Å². The smallest absolute Gasteiger partial charge is 0.242 e. The van der Waals surface area contributed by atoms with Crippen molar-refractivity contribution >= 4 is 23.1 Å². The van der Waals surface area contributed by atoms with Gasteiger partial charge in [-0.15, -0.1) is 0 Å². The van der Waals surface area contributed by atoms with Crippen molar-refractivity contribution in [2.24, 2.45) is 5.41 Å². The van der Waals surface area contributed by atoms with Gasteiger partial charge in [0.2, 0.25) is 5.91 Å². The summed E-state index contributed by atoms with van der Waals surface area (Å²) in [6.45, 7) is 8.21. The summed E-state index contributed by atoms with van der Waals surface area (Å²) in [4.78, 5) is 34.7. The molecule has 3 aromatic rings. The van der Waals surface area contributed by atoms with Gasteiger partial charge >= 0.3 is 0 Å². The number of nitrogens with one attached hydrogen (secondary N) is 1. The Morgan fingerprint density at radius 3 is 2.36 bits per heavy atom. The molecule has 44 heavy (non-hydrogen) atoms. The Balaban J connectivity index is 1.37. The number of allylic oxidation sites excluding steroid dienone is 1. The molecule has 1 amide bonds. The van der Waals surface area contributed by atoms with E-state index in [1.54, 1.807) is 14.2 Å². The van der Waals surface area contributed by atoms with Crippen LogP contribution in [0.15, 0.2) is 84.1 Å². The lowest BCUT2D eigenvalue weighted by Gasteiger charge is -2.40. The Labute approximate surface area is 260 Å². The maximum atomic E-state index is 14.1. The lowest BCUT2D eigenvalue weighted by molar-refractivity contribution is -0.131. The molecule has 1 saturated heterocycles. The van der Waals surface area contributed by atoms with Crippen molar-refractivity contribution in [2.45, 2.75) is 39.3 Å². The van der Waals surface area contributed by atoms with Crippen molar-refractivity contribution in [3.63, 3.8) is 0 Å². The third-order valence-electron chi connectivity index (χ3n) is 9.02. The van der Waals surface area contributed by atoms with Gasteiger partial charge in [0, 0.05) is 56.0 Å². The van der Waals surface area contributed by atoms with E-state index in [1.807, 2.05) is 53.4 Å². The van der Waals surface area contributed by atoms with Gasteiger partial charge < -0.3 is 24.6 Å². The number of ketones is 1. The van der Waals surface area contributed by atoms with Crippen LogP contribution in [0.1, 0.15) is 43.9 Å². The lowest BCUT2D eigenvalue weighted by Crippen LogP contribution is -2.51. The molecule has 6 rings (SSSR count). The minimum absolute atomic E-state index is 0.0404. The number of fused-ring (bicyclic) bond motifs is 1. The summed E-state index contributed by atoms with van der Waals surface area (Å²) in [6, 6.07) is 23.6. The average molecular weight is 595 g/mol. The van der Waals surface area contributed by atoms with Crippen LogP contribution < -0.4 is 19.7 Å². The van der Waals surface area contributed by atoms with Gasteiger partial charge in [0.25, 0.3) is 0 Å². The van der Waals surface area contributed by atoms with Crippen molar-refractivity contribution in [1.29, 1.82) is 0 Å². The predicted octanol–water partition coefficient (Wildman–Crippen LogP) is 5.66. The summed E-state index contributed by atoms with van der Waals surface area (Å²) < 4.78 is 11.5. The number of anilines is 2. The number of benzene rings is 3. The van der Waals surface area contributed by atoms with Crippen molar-refractivity contribution in [2.75, 3.05) is 57.2 Å². The molecule has 3 aliphatic rings. The molecule has 2 aliphatic heterocycles. The number of hydrogen-bond donors (Lipinski definition) is 1. The molecule has 0 aromatic heterocycles. The van der Waals surface area contributed by atoms with Gasteiger partial charge in [-0.05, 0) is 47.7 Å². The van der Waals surface area contributed by atoms with Gasteiger partial charge in [-0.1, -0.05) is 56.3 Å². The molecule has 0 radical (unpaired) electrons. The van der Waals surface area contributed by atoms with Crippen LogP contribution in [-0.2, 0) is 16.1 Å². The Bertz CT molecular complexity index is 1560. The maximum Gasteiger partial charge on any atom is 0.242 e. The standard InChI is InChI=1S/C36H42N4O4/c1-36(2)21-29-34(31(41)22-36)35(27-20-26(43-3)14-15-32(27)44-4)40(30-13-9-8-12-28(30)37-29)24-33(42)39-18-16-38(17-19-39)23-25-10-6-5-7-11-25/h5-15,20,35,37H,16-19,21-24H2,1-4H3. The number of hydrogen-bond acceptors (Lipinski definition) is 7. The highest BCUT2D eigenvalue weighted by Crippen LogP contribution is 2.50. The summed E-state index contributed by atoms with van der Waals surface area (Å²) in [5, 5.41) is 3.64. The molecular formula is C36H42N4O4. The fourth-order valence-corrected chi connectivity index (χ4v) is 6.85. The monoisotopic (exact) mass is 594 g/mol. The number of amides is 1. The van der Waals surface area contributed by atoms with Crippen LogP contribution in [-0.4, -0.2) is 68.4 Å². The van der Waals surface area contributed by atoms with Crippen LogP contribution in [0.25, 0.3) is 0 Å². The van der Waals surface area contributed by atoms with E-state index in [4.69, 9.17) is 9.47 Å². The number of Topliss-reactive ketones (excluding diaryl/α,β-unsaturated/α-hetero) is 1. The molecule has 2 heterocycles. The average Bonchev–Trinajstić information content (AvgIpc) is 3.15. The lowest BCUT2D eigenvalue weighted by atomic mass is 9.73. The minimum atomic E-state index is -0.543. The topological polar surface area (TPSA) is 74.3 Å². The normalized spacial score (nSPS) is 19.9. The Hall–Kier alpha value is -4.30. The molecule has 230 valence electrons. The SMILES string of the molecule is COc1ccc(OC)c(C2C3=C(CC(C)(C)CC3=O)Nc3ccccc3N2CC(=O)N2CCN(Cc3ccccc3)CC2)c1. The highest BCUT2D eigenvalue weighted by molar-refractivity contribution is 6.02. The van der Waals surface area contributed by atoms with Crippen molar-refractivity contribution in [3.8, 4) is 11.5 Å². The minimum Gasteiger partial charge on any atom is -0.497 e. The van der Waals surface area contributed by atoms with Crippen molar-refractivity contribution in [3.05, 3.63) is 95.2 Å². The van der Waals surface area contributed by atoms with Gasteiger partial charge in [-0.2, -0.15) is 0 Å². The van der Waals surface area contributed by atoms with Gasteiger partial charge in [0.1, 0.15) is 11.5 Å². The number of rotatable bonds is 7. The molecule has 1 aliphatic carbocycles. The van der Waals surface area contributed by atoms with E-state index in [-0.39, 0.29) is 23.7 Å². The molecule has 8 heteroatoms. The predicted molar refractivity (Wildman–Crippen MR) is 173 cm³/mol. The molecule has 0 saturated carbocycles. The van der Waals surface area contributed by atoms with Crippen LogP contribution in [0.4, 0.5) is 11.4 Å². The number of methoxy groups -OCH3 is 2. The number of carbonyl (C=O) groups is 2. The molecule has 3 aromatic carbocycles. The summed E-state index contributed by atoms with van der Waals surface area (Å²) in [6.07, 6.45) is 1.15. The molecule has 1 atom stereocenters. The first-order valence-corrected chi connectivity index (χ1v) is 15.4. The van der Waals surface area contributed by atoms with E-state index in [1.165, 1.54) is 5.56 Å². The number of carbonyl (C=O) groups excluding carboxylic acids is 2. The Morgan fingerprint density at radius 1 is 0.909 bits per heavy atom. The van der Waals surface area contributed by atoms with Crippen molar-refractivity contribution in [1.82, 2.24) is 9.80 Å².